The number of benzene rings is 1. The maximum absolute atomic E-state index is 12.2. The molecule has 1 unspecified atom stereocenters. The van der Waals surface area contributed by atoms with Gasteiger partial charge in [0.05, 0.1) is 6.61 Å². The minimum absolute atomic E-state index is 0.118. The van der Waals surface area contributed by atoms with Crippen LogP contribution in [0.25, 0.3) is 0 Å². The van der Waals surface area contributed by atoms with E-state index in [2.05, 4.69) is 21.6 Å². The number of nitrogens with one attached hydrogen (secondary N) is 2. The molecule has 1 amide bonds. The second-order valence-electron chi connectivity index (χ2n) is 5.73. The van der Waals surface area contributed by atoms with Gasteiger partial charge in [0.15, 0.2) is 5.69 Å². The molecule has 0 bridgehead atoms. The van der Waals surface area contributed by atoms with E-state index >= 15 is 0 Å². The van der Waals surface area contributed by atoms with Gasteiger partial charge in [0.25, 0.3) is 5.91 Å². The molecule has 0 saturated heterocycles. The Kier molecular flexibility index (Phi) is 4.13. The smallest absolute Gasteiger partial charge is 0.272 e. The molecule has 0 saturated carbocycles. The number of ether oxygens (including phenoxy) is 1. The fourth-order valence-corrected chi connectivity index (χ4v) is 2.84. The SMILES string of the molecule is CCc1[nH]nc(C(=O)NCC2COc3ccccc3C2)c1C. The minimum Gasteiger partial charge on any atom is -0.493 e. The lowest BCUT2D eigenvalue weighted by atomic mass is 9.96. The van der Waals surface area contributed by atoms with Crippen molar-refractivity contribution in [3.05, 3.63) is 46.8 Å². The molecule has 2 heterocycles. The number of aryl methyl sites for hydroxylation is 1. The highest BCUT2D eigenvalue weighted by molar-refractivity contribution is 5.93. The first-order valence-corrected chi connectivity index (χ1v) is 7.71. The summed E-state index contributed by atoms with van der Waals surface area (Å²) in [7, 11) is 0. The maximum Gasteiger partial charge on any atom is 0.272 e. The highest BCUT2D eigenvalue weighted by atomic mass is 16.5. The Morgan fingerprint density at radius 2 is 2.27 bits per heavy atom. The van der Waals surface area contributed by atoms with Crippen LogP contribution in [0, 0.1) is 12.8 Å². The lowest BCUT2D eigenvalue weighted by Gasteiger charge is -2.25. The van der Waals surface area contributed by atoms with E-state index < -0.39 is 0 Å². The lowest BCUT2D eigenvalue weighted by Crippen LogP contribution is -2.35. The van der Waals surface area contributed by atoms with Crippen LogP contribution in [0.4, 0.5) is 0 Å². The minimum atomic E-state index is -0.118. The maximum atomic E-state index is 12.2. The molecule has 3 rings (SSSR count). The Morgan fingerprint density at radius 3 is 3.05 bits per heavy atom. The molecule has 5 heteroatoms. The molecule has 1 aliphatic rings. The molecule has 22 heavy (non-hydrogen) atoms. The molecule has 0 spiro atoms. The number of nitrogens with zero attached hydrogens (tertiary/aromatic N) is 1. The van der Waals surface area contributed by atoms with Crippen molar-refractivity contribution >= 4 is 5.91 Å². The van der Waals surface area contributed by atoms with Gasteiger partial charge in [0.1, 0.15) is 5.75 Å². The van der Waals surface area contributed by atoms with Crippen molar-refractivity contribution in [2.45, 2.75) is 26.7 Å². The third kappa shape index (κ3) is 2.84. The predicted octanol–water partition coefficient (Wildman–Crippen LogP) is 2.26. The van der Waals surface area contributed by atoms with Crippen LogP contribution >= 0.6 is 0 Å². The predicted molar refractivity (Wildman–Crippen MR) is 84.2 cm³/mol. The molecule has 1 aromatic carbocycles. The summed E-state index contributed by atoms with van der Waals surface area (Å²) < 4.78 is 5.75. The second kappa shape index (κ2) is 6.22. The van der Waals surface area contributed by atoms with Gasteiger partial charge in [-0.05, 0) is 31.4 Å². The number of H-pyrrole nitrogens is 1. The van der Waals surface area contributed by atoms with E-state index in [9.17, 15) is 4.79 Å². The largest absolute Gasteiger partial charge is 0.493 e. The van der Waals surface area contributed by atoms with Gasteiger partial charge in [-0.1, -0.05) is 25.1 Å². The fourth-order valence-electron chi connectivity index (χ4n) is 2.84. The highest BCUT2D eigenvalue weighted by Gasteiger charge is 2.21. The topological polar surface area (TPSA) is 67.0 Å². The van der Waals surface area contributed by atoms with E-state index in [0.717, 1.165) is 29.8 Å². The first-order chi connectivity index (χ1) is 10.7. The zero-order valence-corrected chi connectivity index (χ0v) is 13.0. The average molecular weight is 299 g/mol. The molecule has 2 N–H and O–H groups in total. The van der Waals surface area contributed by atoms with Gasteiger partial charge in [-0.2, -0.15) is 5.10 Å². The fraction of sp³-hybridized carbons (Fsp3) is 0.412. The Hall–Kier alpha value is -2.30. The Morgan fingerprint density at radius 1 is 1.45 bits per heavy atom. The van der Waals surface area contributed by atoms with Gasteiger partial charge >= 0.3 is 0 Å². The van der Waals surface area contributed by atoms with Crippen LogP contribution in [0.1, 0.15) is 34.2 Å². The summed E-state index contributed by atoms with van der Waals surface area (Å²) in [5.74, 6) is 1.14. The van der Waals surface area contributed by atoms with Gasteiger partial charge in [0, 0.05) is 23.7 Å². The molecule has 1 aliphatic heterocycles. The molecule has 0 aliphatic carbocycles. The molecular weight excluding hydrogens is 278 g/mol. The van der Waals surface area contributed by atoms with Crippen LogP contribution in [-0.4, -0.2) is 29.3 Å². The van der Waals surface area contributed by atoms with Crippen molar-refractivity contribution < 1.29 is 9.53 Å². The van der Waals surface area contributed by atoms with Crippen LogP contribution < -0.4 is 10.1 Å². The number of aromatic amines is 1. The standard InChI is InChI=1S/C17H21N3O2/c1-3-14-11(2)16(20-19-14)17(21)18-9-12-8-13-6-4-5-7-15(13)22-10-12/h4-7,12H,3,8-10H2,1-2H3,(H,18,21)(H,19,20). The Bertz CT molecular complexity index is 678. The summed E-state index contributed by atoms with van der Waals surface area (Å²) in [5.41, 5.74) is 3.65. The van der Waals surface area contributed by atoms with Crippen LogP contribution in [0.15, 0.2) is 24.3 Å². The number of carbonyl (C=O) groups excluding carboxylic acids is 1. The van der Waals surface area contributed by atoms with E-state index in [1.165, 1.54) is 5.56 Å². The summed E-state index contributed by atoms with van der Waals surface area (Å²) in [5, 5.41) is 10.0. The van der Waals surface area contributed by atoms with Gasteiger partial charge in [-0.15, -0.1) is 0 Å². The number of carbonyl (C=O) groups is 1. The van der Waals surface area contributed by atoms with Crippen molar-refractivity contribution in [1.82, 2.24) is 15.5 Å². The van der Waals surface area contributed by atoms with Crippen molar-refractivity contribution in [1.29, 1.82) is 0 Å². The summed E-state index contributed by atoms with van der Waals surface area (Å²) >= 11 is 0. The van der Waals surface area contributed by atoms with E-state index in [4.69, 9.17) is 4.74 Å². The summed E-state index contributed by atoms with van der Waals surface area (Å²) in [4.78, 5) is 12.2. The van der Waals surface area contributed by atoms with Crippen molar-refractivity contribution in [2.24, 2.45) is 5.92 Å². The second-order valence-corrected chi connectivity index (χ2v) is 5.73. The zero-order chi connectivity index (χ0) is 15.5. The van der Waals surface area contributed by atoms with Crippen LogP contribution in [0.3, 0.4) is 0 Å². The molecule has 2 aromatic rings. The number of hydrogen-bond donors (Lipinski definition) is 2. The third-order valence-electron chi connectivity index (χ3n) is 4.19. The molecular formula is C17H21N3O2. The molecule has 0 fully saturated rings. The molecule has 5 nitrogen and oxygen atoms in total. The normalized spacial score (nSPS) is 16.7. The van der Waals surface area contributed by atoms with E-state index in [0.29, 0.717) is 24.8 Å². The van der Waals surface area contributed by atoms with E-state index in [-0.39, 0.29) is 5.91 Å². The lowest BCUT2D eigenvalue weighted by molar-refractivity contribution is 0.0933. The number of para-hydroxylation sites is 1. The van der Waals surface area contributed by atoms with E-state index in [1.807, 2.05) is 32.0 Å². The third-order valence-corrected chi connectivity index (χ3v) is 4.19. The Labute approximate surface area is 130 Å². The van der Waals surface area contributed by atoms with Crippen molar-refractivity contribution in [2.75, 3.05) is 13.2 Å². The average Bonchev–Trinajstić information content (AvgIpc) is 2.93. The van der Waals surface area contributed by atoms with Crippen LogP contribution in [0.2, 0.25) is 0 Å². The van der Waals surface area contributed by atoms with Crippen molar-refractivity contribution in [3.63, 3.8) is 0 Å². The zero-order valence-electron chi connectivity index (χ0n) is 13.0. The molecule has 1 aromatic heterocycles. The summed E-state index contributed by atoms with van der Waals surface area (Å²) in [6.07, 6.45) is 1.77. The number of rotatable bonds is 4. The monoisotopic (exact) mass is 299 g/mol. The Balaban J connectivity index is 1.59. The van der Waals surface area contributed by atoms with Gasteiger partial charge in [-0.3, -0.25) is 9.89 Å². The number of hydrogen-bond acceptors (Lipinski definition) is 3. The van der Waals surface area contributed by atoms with Gasteiger partial charge in [0.2, 0.25) is 0 Å². The van der Waals surface area contributed by atoms with Crippen molar-refractivity contribution in [3.8, 4) is 5.75 Å². The first-order valence-electron chi connectivity index (χ1n) is 7.71. The first kappa shape index (κ1) is 14.6. The number of aromatic nitrogens is 2. The molecule has 1 atom stereocenters. The van der Waals surface area contributed by atoms with Gasteiger partial charge < -0.3 is 10.1 Å². The van der Waals surface area contributed by atoms with Crippen LogP contribution in [-0.2, 0) is 12.8 Å². The molecule has 116 valence electrons. The quantitative estimate of drug-likeness (QED) is 0.910. The number of amides is 1. The van der Waals surface area contributed by atoms with E-state index in [1.54, 1.807) is 0 Å². The van der Waals surface area contributed by atoms with Gasteiger partial charge in [-0.25, -0.2) is 0 Å². The highest BCUT2D eigenvalue weighted by Crippen LogP contribution is 2.26. The van der Waals surface area contributed by atoms with Crippen LogP contribution in [0.5, 0.6) is 5.75 Å². The summed E-state index contributed by atoms with van der Waals surface area (Å²) in [6, 6.07) is 8.06. The number of fused-ring (bicyclic) bond motifs is 1. The summed E-state index contributed by atoms with van der Waals surface area (Å²) in [6.45, 7) is 5.20. The molecule has 0 radical (unpaired) electrons.